The van der Waals surface area contributed by atoms with Crippen LogP contribution in [0.2, 0.25) is 0 Å². The number of benzene rings is 1. The summed E-state index contributed by atoms with van der Waals surface area (Å²) in [6.45, 7) is 4.29. The Morgan fingerprint density at radius 2 is 1.96 bits per heavy atom. The Morgan fingerprint density at radius 1 is 1.21 bits per heavy atom. The van der Waals surface area contributed by atoms with E-state index in [9.17, 15) is 4.79 Å². The maximum Gasteiger partial charge on any atom is 0.230 e. The number of nitrogens with zero attached hydrogens (tertiary/aromatic N) is 1. The molecule has 1 aliphatic heterocycles. The predicted octanol–water partition coefficient (Wildman–Crippen LogP) is 3.74. The number of fused-ring (bicyclic) bond motifs is 1. The maximum atomic E-state index is 13.1. The van der Waals surface area contributed by atoms with Crippen molar-refractivity contribution >= 4 is 23.4 Å². The van der Waals surface area contributed by atoms with Crippen molar-refractivity contribution in [3.8, 4) is 0 Å². The van der Waals surface area contributed by atoms with E-state index in [1.54, 1.807) is 7.11 Å². The fourth-order valence-corrected chi connectivity index (χ4v) is 4.71. The minimum atomic E-state index is 0.135. The number of amides is 1. The van der Waals surface area contributed by atoms with Crippen molar-refractivity contribution in [2.45, 2.75) is 48.9 Å². The van der Waals surface area contributed by atoms with Crippen LogP contribution in [0.3, 0.4) is 0 Å². The molecule has 0 aromatic heterocycles. The van der Waals surface area contributed by atoms with E-state index in [4.69, 9.17) is 9.47 Å². The first-order chi connectivity index (χ1) is 11.7. The van der Waals surface area contributed by atoms with Gasteiger partial charge in [0, 0.05) is 29.7 Å². The lowest BCUT2D eigenvalue weighted by Gasteiger charge is -2.36. The lowest BCUT2D eigenvalue weighted by molar-refractivity contribution is -0.124. The Balaban J connectivity index is 1.60. The highest BCUT2D eigenvalue weighted by Crippen LogP contribution is 2.40. The molecule has 1 fully saturated rings. The monoisotopic (exact) mass is 349 g/mol. The summed E-state index contributed by atoms with van der Waals surface area (Å²) in [4.78, 5) is 16.3. The molecule has 3 rings (SSSR count). The number of carbonyl (C=O) groups excluding carboxylic acids is 1. The Hall–Kier alpha value is -1.04. The van der Waals surface area contributed by atoms with Gasteiger partial charge in [-0.2, -0.15) is 0 Å². The molecule has 0 spiro atoms. The van der Waals surface area contributed by atoms with Gasteiger partial charge in [-0.25, -0.2) is 0 Å². The SMILES string of the molecule is COCCOC1CCC(C(=O)N2CC(C)Sc3ccccc32)CC1. The zero-order valence-corrected chi connectivity index (χ0v) is 15.4. The van der Waals surface area contributed by atoms with Gasteiger partial charge in [0.2, 0.25) is 5.91 Å². The van der Waals surface area contributed by atoms with Crippen molar-refractivity contribution in [2.24, 2.45) is 5.92 Å². The predicted molar refractivity (Wildman–Crippen MR) is 97.7 cm³/mol. The molecule has 0 radical (unpaired) electrons. The number of anilines is 1. The number of ether oxygens (including phenoxy) is 2. The van der Waals surface area contributed by atoms with Crippen LogP contribution in [0.25, 0.3) is 0 Å². The Labute approximate surface area is 148 Å². The van der Waals surface area contributed by atoms with E-state index < -0.39 is 0 Å². The summed E-state index contributed by atoms with van der Waals surface area (Å²) < 4.78 is 10.8. The number of hydrogen-bond acceptors (Lipinski definition) is 4. The summed E-state index contributed by atoms with van der Waals surface area (Å²) >= 11 is 1.87. The molecule has 132 valence electrons. The summed E-state index contributed by atoms with van der Waals surface area (Å²) in [5, 5.41) is 0.442. The molecule has 4 nitrogen and oxygen atoms in total. The van der Waals surface area contributed by atoms with Crippen molar-refractivity contribution < 1.29 is 14.3 Å². The molecule has 2 aliphatic rings. The molecule has 1 unspecified atom stereocenters. The van der Waals surface area contributed by atoms with E-state index in [1.807, 2.05) is 22.7 Å². The van der Waals surface area contributed by atoms with Gasteiger partial charge in [0.25, 0.3) is 0 Å². The summed E-state index contributed by atoms with van der Waals surface area (Å²) in [6, 6.07) is 8.27. The molecule has 1 heterocycles. The Kier molecular flexibility index (Phi) is 6.19. The second kappa shape index (κ2) is 8.37. The minimum Gasteiger partial charge on any atom is -0.382 e. The number of carbonyl (C=O) groups is 1. The quantitative estimate of drug-likeness (QED) is 0.759. The normalized spacial score (nSPS) is 26.9. The number of hydrogen-bond donors (Lipinski definition) is 0. The number of thioether (sulfide) groups is 1. The van der Waals surface area contributed by atoms with Crippen LogP contribution < -0.4 is 4.90 Å². The summed E-state index contributed by atoms with van der Waals surface area (Å²) in [7, 11) is 1.69. The van der Waals surface area contributed by atoms with Crippen LogP contribution in [-0.2, 0) is 14.3 Å². The van der Waals surface area contributed by atoms with Crippen LogP contribution >= 0.6 is 11.8 Å². The summed E-state index contributed by atoms with van der Waals surface area (Å²) in [5.74, 6) is 0.431. The van der Waals surface area contributed by atoms with Crippen LogP contribution in [0.4, 0.5) is 5.69 Å². The topological polar surface area (TPSA) is 38.8 Å². The molecule has 0 saturated heterocycles. The van der Waals surface area contributed by atoms with E-state index in [-0.39, 0.29) is 12.0 Å². The fourth-order valence-electron chi connectivity index (χ4n) is 3.59. The highest BCUT2D eigenvalue weighted by molar-refractivity contribution is 8.00. The van der Waals surface area contributed by atoms with Gasteiger partial charge in [-0.15, -0.1) is 11.8 Å². The molecule has 1 saturated carbocycles. The fraction of sp³-hybridized carbons (Fsp3) is 0.632. The number of rotatable bonds is 5. The largest absolute Gasteiger partial charge is 0.382 e. The van der Waals surface area contributed by atoms with Crippen LogP contribution in [-0.4, -0.2) is 44.1 Å². The third-order valence-corrected chi connectivity index (χ3v) is 6.00. The van der Waals surface area contributed by atoms with Crippen LogP contribution in [0.5, 0.6) is 0 Å². The standard InChI is InChI=1S/C19H27NO3S/c1-14-13-20(17-5-3-4-6-18(17)24-14)19(21)15-7-9-16(10-8-15)23-12-11-22-2/h3-6,14-16H,7-13H2,1-2H3. The van der Waals surface area contributed by atoms with Crippen molar-refractivity contribution in [1.82, 2.24) is 0 Å². The van der Waals surface area contributed by atoms with Gasteiger partial charge < -0.3 is 14.4 Å². The maximum absolute atomic E-state index is 13.1. The first-order valence-corrected chi connectivity index (χ1v) is 9.74. The van der Waals surface area contributed by atoms with Crippen LogP contribution in [0.15, 0.2) is 29.2 Å². The second-order valence-corrected chi connectivity index (χ2v) is 8.16. The average molecular weight is 349 g/mol. The Morgan fingerprint density at radius 3 is 2.71 bits per heavy atom. The zero-order valence-electron chi connectivity index (χ0n) is 14.6. The smallest absolute Gasteiger partial charge is 0.230 e. The van der Waals surface area contributed by atoms with Gasteiger partial charge in [0.15, 0.2) is 0 Å². The molecule has 1 aromatic rings. The molecule has 0 bridgehead atoms. The van der Waals surface area contributed by atoms with E-state index in [1.165, 1.54) is 4.90 Å². The highest BCUT2D eigenvalue weighted by Gasteiger charge is 2.33. The van der Waals surface area contributed by atoms with E-state index in [0.717, 1.165) is 37.9 Å². The molecule has 1 atom stereocenters. The summed E-state index contributed by atoms with van der Waals surface area (Å²) in [6.07, 6.45) is 4.08. The average Bonchev–Trinajstić information content (AvgIpc) is 2.61. The van der Waals surface area contributed by atoms with Gasteiger partial charge in [-0.1, -0.05) is 19.1 Å². The van der Waals surface area contributed by atoms with E-state index >= 15 is 0 Å². The molecular formula is C19H27NO3S. The van der Waals surface area contributed by atoms with Gasteiger partial charge in [0.1, 0.15) is 0 Å². The van der Waals surface area contributed by atoms with Gasteiger partial charge in [-0.05, 0) is 37.8 Å². The first kappa shape index (κ1) is 17.8. The van der Waals surface area contributed by atoms with Crippen molar-refractivity contribution in [3.05, 3.63) is 24.3 Å². The van der Waals surface area contributed by atoms with Crippen molar-refractivity contribution in [2.75, 3.05) is 31.8 Å². The number of para-hydroxylation sites is 1. The first-order valence-electron chi connectivity index (χ1n) is 8.86. The molecule has 1 aliphatic carbocycles. The third-order valence-electron chi connectivity index (χ3n) is 4.85. The van der Waals surface area contributed by atoms with Crippen molar-refractivity contribution in [1.29, 1.82) is 0 Å². The highest BCUT2D eigenvalue weighted by atomic mass is 32.2. The van der Waals surface area contributed by atoms with Gasteiger partial charge >= 0.3 is 0 Å². The van der Waals surface area contributed by atoms with Crippen LogP contribution in [0.1, 0.15) is 32.6 Å². The van der Waals surface area contributed by atoms with E-state index in [2.05, 4.69) is 25.1 Å². The van der Waals surface area contributed by atoms with Crippen molar-refractivity contribution in [3.63, 3.8) is 0 Å². The molecule has 1 aromatic carbocycles. The second-order valence-electron chi connectivity index (χ2n) is 6.68. The summed E-state index contributed by atoms with van der Waals surface area (Å²) in [5.41, 5.74) is 1.09. The number of methoxy groups -OCH3 is 1. The third kappa shape index (κ3) is 4.13. The van der Waals surface area contributed by atoms with Crippen LogP contribution in [0, 0.1) is 5.92 Å². The lowest BCUT2D eigenvalue weighted by Crippen LogP contribution is -2.43. The Bertz CT molecular complexity index is 557. The molecule has 5 heteroatoms. The zero-order chi connectivity index (χ0) is 16.9. The molecule has 0 N–H and O–H groups in total. The van der Waals surface area contributed by atoms with Gasteiger partial charge in [0.05, 0.1) is 25.0 Å². The minimum absolute atomic E-state index is 0.135. The van der Waals surface area contributed by atoms with E-state index in [0.29, 0.717) is 24.4 Å². The lowest BCUT2D eigenvalue weighted by atomic mass is 9.86. The molecule has 24 heavy (non-hydrogen) atoms. The molecular weight excluding hydrogens is 322 g/mol. The van der Waals surface area contributed by atoms with Gasteiger partial charge in [-0.3, -0.25) is 4.79 Å². The molecule has 1 amide bonds.